The SMILES string of the molecule is CC1CC(NS(=O)(=O)c2ccccc2C#CCO)C1. The largest absolute Gasteiger partial charge is 0.384 e. The lowest BCUT2D eigenvalue weighted by molar-refractivity contribution is 0.270. The third-order valence-electron chi connectivity index (χ3n) is 3.17. The van der Waals surface area contributed by atoms with Crippen LogP contribution in [0.25, 0.3) is 0 Å². The van der Waals surface area contributed by atoms with Crippen molar-refractivity contribution in [3.8, 4) is 11.8 Å². The van der Waals surface area contributed by atoms with Gasteiger partial charge in [0.05, 0.1) is 4.90 Å². The van der Waals surface area contributed by atoms with E-state index in [0.29, 0.717) is 11.5 Å². The van der Waals surface area contributed by atoms with Crippen molar-refractivity contribution in [2.45, 2.75) is 30.7 Å². The Morgan fingerprint density at radius 3 is 2.68 bits per heavy atom. The van der Waals surface area contributed by atoms with Crippen molar-refractivity contribution in [1.82, 2.24) is 4.72 Å². The van der Waals surface area contributed by atoms with Crippen LogP contribution in [-0.4, -0.2) is 26.2 Å². The number of sulfonamides is 1. The van der Waals surface area contributed by atoms with Gasteiger partial charge in [-0.15, -0.1) is 0 Å². The molecule has 0 bridgehead atoms. The molecule has 0 spiro atoms. The van der Waals surface area contributed by atoms with Gasteiger partial charge in [0.15, 0.2) is 0 Å². The fourth-order valence-corrected chi connectivity index (χ4v) is 3.65. The molecule has 102 valence electrons. The lowest BCUT2D eigenvalue weighted by Gasteiger charge is -2.33. The highest BCUT2D eigenvalue weighted by Crippen LogP contribution is 2.28. The van der Waals surface area contributed by atoms with Crippen LogP contribution in [-0.2, 0) is 10.0 Å². The van der Waals surface area contributed by atoms with E-state index < -0.39 is 10.0 Å². The van der Waals surface area contributed by atoms with E-state index in [9.17, 15) is 8.42 Å². The first-order chi connectivity index (χ1) is 9.03. The highest BCUT2D eigenvalue weighted by molar-refractivity contribution is 7.89. The lowest BCUT2D eigenvalue weighted by Crippen LogP contribution is -2.43. The molecule has 4 nitrogen and oxygen atoms in total. The smallest absolute Gasteiger partial charge is 0.242 e. The van der Waals surface area contributed by atoms with Gasteiger partial charge >= 0.3 is 0 Å². The van der Waals surface area contributed by atoms with Gasteiger partial charge in [-0.05, 0) is 30.9 Å². The molecule has 0 atom stereocenters. The molecule has 2 rings (SSSR count). The molecule has 0 amide bonds. The highest BCUT2D eigenvalue weighted by Gasteiger charge is 2.30. The Kier molecular flexibility index (Phi) is 4.25. The number of aliphatic hydroxyl groups is 1. The minimum absolute atomic E-state index is 0.0267. The third-order valence-corrected chi connectivity index (χ3v) is 4.75. The van der Waals surface area contributed by atoms with E-state index in [1.807, 2.05) is 0 Å². The zero-order chi connectivity index (χ0) is 13.9. The van der Waals surface area contributed by atoms with Crippen LogP contribution in [0.2, 0.25) is 0 Å². The number of hydrogen-bond donors (Lipinski definition) is 2. The number of hydrogen-bond acceptors (Lipinski definition) is 3. The molecule has 2 N–H and O–H groups in total. The minimum Gasteiger partial charge on any atom is -0.384 e. The van der Waals surface area contributed by atoms with Gasteiger partial charge in [-0.2, -0.15) is 0 Å². The number of benzene rings is 1. The molecule has 1 aliphatic carbocycles. The first kappa shape index (κ1) is 14.1. The Hall–Kier alpha value is -1.35. The minimum atomic E-state index is -3.54. The van der Waals surface area contributed by atoms with E-state index >= 15 is 0 Å². The molecule has 1 aromatic carbocycles. The predicted molar refractivity (Wildman–Crippen MR) is 72.9 cm³/mol. The molecule has 0 heterocycles. The summed E-state index contributed by atoms with van der Waals surface area (Å²) in [5.41, 5.74) is 0.413. The van der Waals surface area contributed by atoms with E-state index in [1.165, 1.54) is 6.07 Å². The van der Waals surface area contributed by atoms with Crippen molar-refractivity contribution >= 4 is 10.0 Å². The Labute approximate surface area is 113 Å². The second-order valence-corrected chi connectivity index (χ2v) is 6.53. The molecule has 0 saturated heterocycles. The van der Waals surface area contributed by atoms with Gasteiger partial charge in [-0.3, -0.25) is 0 Å². The summed E-state index contributed by atoms with van der Waals surface area (Å²) in [6.45, 7) is 1.81. The fraction of sp³-hybridized carbons (Fsp3) is 0.429. The van der Waals surface area contributed by atoms with E-state index in [0.717, 1.165) is 12.8 Å². The highest BCUT2D eigenvalue weighted by atomic mass is 32.2. The third kappa shape index (κ3) is 3.35. The van der Waals surface area contributed by atoms with Crippen LogP contribution in [0.1, 0.15) is 25.3 Å². The maximum Gasteiger partial charge on any atom is 0.242 e. The van der Waals surface area contributed by atoms with E-state index in [1.54, 1.807) is 18.2 Å². The molecule has 5 heteroatoms. The van der Waals surface area contributed by atoms with Crippen molar-refractivity contribution in [3.63, 3.8) is 0 Å². The van der Waals surface area contributed by atoms with Gasteiger partial charge in [-0.25, -0.2) is 13.1 Å². The average molecular weight is 279 g/mol. The molecule has 1 fully saturated rings. The van der Waals surface area contributed by atoms with Gasteiger partial charge in [0.25, 0.3) is 0 Å². The van der Waals surface area contributed by atoms with Gasteiger partial charge in [-0.1, -0.05) is 30.9 Å². The Morgan fingerprint density at radius 1 is 1.37 bits per heavy atom. The summed E-state index contributed by atoms with van der Waals surface area (Å²) >= 11 is 0. The Balaban J connectivity index is 2.24. The van der Waals surface area contributed by atoms with Gasteiger partial charge in [0.2, 0.25) is 10.0 Å². The number of aliphatic hydroxyl groups excluding tert-OH is 1. The molecule has 0 aliphatic heterocycles. The van der Waals surface area contributed by atoms with Crippen LogP contribution in [0, 0.1) is 17.8 Å². The number of rotatable bonds is 3. The van der Waals surface area contributed by atoms with Gasteiger partial charge in [0.1, 0.15) is 6.61 Å². The van der Waals surface area contributed by atoms with Gasteiger partial charge in [0, 0.05) is 11.6 Å². The molecule has 1 aromatic rings. The molecule has 0 unspecified atom stereocenters. The summed E-state index contributed by atoms with van der Waals surface area (Å²) < 4.78 is 27.3. The zero-order valence-electron chi connectivity index (χ0n) is 10.8. The van der Waals surface area contributed by atoms with Crippen molar-refractivity contribution < 1.29 is 13.5 Å². The Morgan fingerprint density at radius 2 is 2.05 bits per heavy atom. The predicted octanol–water partition coefficient (Wildman–Crippen LogP) is 1.11. The average Bonchev–Trinajstić information content (AvgIpc) is 2.34. The van der Waals surface area contributed by atoms with Crippen molar-refractivity contribution in [3.05, 3.63) is 29.8 Å². The molecule has 0 radical (unpaired) electrons. The summed E-state index contributed by atoms with van der Waals surface area (Å²) in [6, 6.07) is 6.60. The topological polar surface area (TPSA) is 66.4 Å². The summed E-state index contributed by atoms with van der Waals surface area (Å²) in [4.78, 5) is 0.176. The lowest BCUT2D eigenvalue weighted by atomic mass is 9.83. The Bertz CT molecular complexity index is 607. The molecular formula is C14H17NO3S. The molecule has 1 saturated carbocycles. The van der Waals surface area contributed by atoms with Crippen LogP contribution in [0.3, 0.4) is 0 Å². The van der Waals surface area contributed by atoms with Crippen LogP contribution < -0.4 is 4.72 Å². The van der Waals surface area contributed by atoms with Crippen molar-refractivity contribution in [1.29, 1.82) is 0 Å². The van der Waals surface area contributed by atoms with E-state index in [2.05, 4.69) is 23.5 Å². The first-order valence-electron chi connectivity index (χ1n) is 6.24. The summed E-state index contributed by atoms with van der Waals surface area (Å²) in [5.74, 6) is 5.73. The zero-order valence-corrected chi connectivity index (χ0v) is 11.6. The first-order valence-corrected chi connectivity index (χ1v) is 7.72. The van der Waals surface area contributed by atoms with Gasteiger partial charge < -0.3 is 5.11 Å². The van der Waals surface area contributed by atoms with Crippen LogP contribution in [0.5, 0.6) is 0 Å². The summed E-state index contributed by atoms with van der Waals surface area (Å²) in [5, 5.41) is 8.70. The fourth-order valence-electron chi connectivity index (χ4n) is 2.22. The summed E-state index contributed by atoms with van der Waals surface area (Å²) in [7, 11) is -3.54. The molecule has 1 aliphatic rings. The quantitative estimate of drug-likeness (QED) is 0.815. The second kappa shape index (κ2) is 5.74. The number of nitrogens with one attached hydrogen (secondary N) is 1. The molecule has 0 aromatic heterocycles. The summed E-state index contributed by atoms with van der Waals surface area (Å²) in [6.07, 6.45) is 1.76. The standard InChI is InChI=1S/C14H17NO3S/c1-11-9-13(10-11)15-19(17,18)14-7-3-2-5-12(14)6-4-8-16/h2-3,5,7,11,13,15-16H,8-10H2,1H3. The van der Waals surface area contributed by atoms with Crippen LogP contribution in [0.15, 0.2) is 29.2 Å². The maximum absolute atomic E-state index is 12.3. The van der Waals surface area contributed by atoms with Crippen LogP contribution >= 0.6 is 0 Å². The normalized spacial score (nSPS) is 22.2. The maximum atomic E-state index is 12.3. The van der Waals surface area contributed by atoms with Crippen molar-refractivity contribution in [2.24, 2.45) is 5.92 Å². The van der Waals surface area contributed by atoms with E-state index in [-0.39, 0.29) is 17.5 Å². The second-order valence-electron chi connectivity index (χ2n) is 4.85. The van der Waals surface area contributed by atoms with Crippen LogP contribution in [0.4, 0.5) is 0 Å². The van der Waals surface area contributed by atoms with Crippen molar-refractivity contribution in [2.75, 3.05) is 6.61 Å². The molecular weight excluding hydrogens is 262 g/mol. The van der Waals surface area contributed by atoms with E-state index in [4.69, 9.17) is 5.11 Å². The molecule has 19 heavy (non-hydrogen) atoms. The monoisotopic (exact) mass is 279 g/mol.